The number of hydrogen-bond acceptors (Lipinski definition) is 2. The van der Waals surface area contributed by atoms with Crippen LogP contribution in [0.1, 0.15) is 22.6 Å². The number of nitrogens with one attached hydrogen (secondary N) is 1. The molecule has 0 unspecified atom stereocenters. The van der Waals surface area contributed by atoms with Crippen molar-refractivity contribution in [1.82, 2.24) is 19.4 Å². The van der Waals surface area contributed by atoms with E-state index in [2.05, 4.69) is 14.5 Å². The van der Waals surface area contributed by atoms with Gasteiger partial charge in [0.2, 0.25) is 0 Å². The molecule has 3 aromatic rings. The molecule has 4 rings (SSSR count). The summed E-state index contributed by atoms with van der Waals surface area (Å²) in [5.41, 5.74) is 1.74. The SMILES string of the molecule is CN(C[C@H]1CCn2ccnc2C1)C(=O)c1ccc2cc[nH]c2c1. The minimum Gasteiger partial charge on any atom is -0.361 e. The van der Waals surface area contributed by atoms with Gasteiger partial charge in [0.05, 0.1) is 0 Å². The van der Waals surface area contributed by atoms with Gasteiger partial charge in [-0.1, -0.05) is 6.07 Å². The molecule has 23 heavy (non-hydrogen) atoms. The zero-order chi connectivity index (χ0) is 15.8. The van der Waals surface area contributed by atoms with Crippen molar-refractivity contribution in [2.75, 3.05) is 13.6 Å². The second-order valence-corrected chi connectivity index (χ2v) is 6.36. The summed E-state index contributed by atoms with van der Waals surface area (Å²) in [6.45, 7) is 1.77. The van der Waals surface area contributed by atoms with E-state index >= 15 is 0 Å². The highest BCUT2D eigenvalue weighted by Crippen LogP contribution is 2.21. The fraction of sp³-hybridized carbons (Fsp3) is 0.333. The molecule has 3 heterocycles. The Morgan fingerprint density at radius 1 is 1.43 bits per heavy atom. The van der Waals surface area contributed by atoms with Crippen LogP contribution in [0.25, 0.3) is 10.9 Å². The second kappa shape index (κ2) is 5.57. The number of carbonyl (C=O) groups is 1. The number of fused-ring (bicyclic) bond motifs is 2. The minimum absolute atomic E-state index is 0.0791. The van der Waals surface area contributed by atoms with E-state index in [0.29, 0.717) is 5.92 Å². The van der Waals surface area contributed by atoms with Crippen LogP contribution in [0.4, 0.5) is 0 Å². The maximum Gasteiger partial charge on any atom is 0.253 e. The first-order valence-electron chi connectivity index (χ1n) is 8.03. The summed E-state index contributed by atoms with van der Waals surface area (Å²) >= 11 is 0. The van der Waals surface area contributed by atoms with E-state index in [-0.39, 0.29) is 5.91 Å². The van der Waals surface area contributed by atoms with Gasteiger partial charge in [-0.05, 0) is 35.9 Å². The summed E-state index contributed by atoms with van der Waals surface area (Å²) in [6, 6.07) is 7.84. The van der Waals surface area contributed by atoms with Crippen LogP contribution in [0.3, 0.4) is 0 Å². The van der Waals surface area contributed by atoms with E-state index in [1.54, 1.807) is 0 Å². The maximum absolute atomic E-state index is 12.7. The van der Waals surface area contributed by atoms with Gasteiger partial charge < -0.3 is 14.5 Å². The van der Waals surface area contributed by atoms with Gasteiger partial charge in [-0.3, -0.25) is 4.79 Å². The van der Waals surface area contributed by atoms with E-state index in [9.17, 15) is 4.79 Å². The summed E-state index contributed by atoms with van der Waals surface area (Å²) in [6.07, 6.45) is 7.83. The van der Waals surface area contributed by atoms with Crippen molar-refractivity contribution in [3.05, 3.63) is 54.2 Å². The predicted molar refractivity (Wildman–Crippen MR) is 89.3 cm³/mol. The molecule has 0 saturated carbocycles. The topological polar surface area (TPSA) is 53.9 Å². The van der Waals surface area contributed by atoms with Crippen molar-refractivity contribution in [2.45, 2.75) is 19.4 Å². The molecule has 1 aliphatic heterocycles. The average Bonchev–Trinajstić information content (AvgIpc) is 3.21. The molecule has 0 aliphatic carbocycles. The summed E-state index contributed by atoms with van der Waals surface area (Å²) in [4.78, 5) is 22.1. The molecule has 1 aromatic carbocycles. The van der Waals surface area contributed by atoms with E-state index in [4.69, 9.17) is 0 Å². The molecule has 0 spiro atoms. The third kappa shape index (κ3) is 2.63. The number of aromatic amines is 1. The Balaban J connectivity index is 1.46. The number of carbonyl (C=O) groups excluding carboxylic acids is 1. The largest absolute Gasteiger partial charge is 0.361 e. The quantitative estimate of drug-likeness (QED) is 0.809. The van der Waals surface area contributed by atoms with Gasteiger partial charge in [0.25, 0.3) is 5.91 Å². The van der Waals surface area contributed by atoms with Gasteiger partial charge in [-0.15, -0.1) is 0 Å². The lowest BCUT2D eigenvalue weighted by atomic mass is 9.97. The van der Waals surface area contributed by atoms with Gasteiger partial charge in [0, 0.05) is 56.2 Å². The summed E-state index contributed by atoms with van der Waals surface area (Å²) in [7, 11) is 1.89. The molecular formula is C18H20N4O. The van der Waals surface area contributed by atoms with E-state index < -0.39 is 0 Å². The first kappa shape index (κ1) is 14.1. The monoisotopic (exact) mass is 308 g/mol. The fourth-order valence-corrected chi connectivity index (χ4v) is 3.44. The van der Waals surface area contributed by atoms with Crippen LogP contribution in [0, 0.1) is 5.92 Å². The number of hydrogen-bond donors (Lipinski definition) is 1. The molecule has 5 nitrogen and oxygen atoms in total. The lowest BCUT2D eigenvalue weighted by molar-refractivity contribution is 0.0764. The molecule has 2 aromatic heterocycles. The third-order valence-corrected chi connectivity index (χ3v) is 4.73. The Hall–Kier alpha value is -2.56. The number of aromatic nitrogens is 3. The molecule has 1 amide bonds. The summed E-state index contributed by atoms with van der Waals surface area (Å²) in [5, 5.41) is 1.13. The summed E-state index contributed by atoms with van der Waals surface area (Å²) in [5.74, 6) is 1.69. The van der Waals surface area contributed by atoms with E-state index in [1.807, 2.05) is 54.8 Å². The van der Waals surface area contributed by atoms with Gasteiger partial charge in [-0.2, -0.15) is 0 Å². The Bertz CT molecular complexity index is 847. The van der Waals surface area contributed by atoms with Crippen LogP contribution in [0.2, 0.25) is 0 Å². The Morgan fingerprint density at radius 2 is 2.35 bits per heavy atom. The Labute approximate surface area is 134 Å². The van der Waals surface area contributed by atoms with E-state index in [1.165, 1.54) is 0 Å². The average molecular weight is 308 g/mol. The normalized spacial score (nSPS) is 17.2. The van der Waals surface area contributed by atoms with Crippen LogP contribution >= 0.6 is 0 Å². The predicted octanol–water partition coefficient (Wildman–Crippen LogP) is 2.70. The van der Waals surface area contributed by atoms with Crippen LogP contribution in [-0.2, 0) is 13.0 Å². The lowest BCUT2D eigenvalue weighted by Gasteiger charge is -2.28. The summed E-state index contributed by atoms with van der Waals surface area (Å²) < 4.78 is 2.21. The van der Waals surface area contributed by atoms with Gasteiger partial charge >= 0.3 is 0 Å². The molecule has 118 valence electrons. The number of H-pyrrole nitrogens is 1. The molecule has 0 saturated heterocycles. The Kier molecular flexibility index (Phi) is 3.41. The highest BCUT2D eigenvalue weighted by molar-refractivity contribution is 5.97. The van der Waals surface area contributed by atoms with Crippen molar-refractivity contribution >= 4 is 16.8 Å². The number of rotatable bonds is 3. The lowest BCUT2D eigenvalue weighted by Crippen LogP contribution is -2.35. The number of amides is 1. The van der Waals surface area contributed by atoms with Crippen molar-refractivity contribution in [3.63, 3.8) is 0 Å². The number of imidazole rings is 1. The highest BCUT2D eigenvalue weighted by atomic mass is 16.2. The standard InChI is InChI=1S/C18H20N4O/c1-21(12-13-5-8-22-9-7-20-17(22)10-13)18(23)15-3-2-14-4-6-19-16(14)11-15/h2-4,6-7,9,11,13,19H,5,8,10,12H2,1H3/t13-/m0/s1. The molecule has 0 bridgehead atoms. The number of aryl methyl sites for hydroxylation is 1. The minimum atomic E-state index is 0.0791. The zero-order valence-electron chi connectivity index (χ0n) is 13.2. The van der Waals surface area contributed by atoms with Crippen LogP contribution in [0.15, 0.2) is 42.9 Å². The molecule has 1 atom stereocenters. The van der Waals surface area contributed by atoms with Crippen molar-refractivity contribution in [3.8, 4) is 0 Å². The van der Waals surface area contributed by atoms with Crippen molar-refractivity contribution in [2.24, 2.45) is 5.92 Å². The molecular weight excluding hydrogens is 288 g/mol. The van der Waals surface area contributed by atoms with E-state index in [0.717, 1.165) is 48.2 Å². The molecule has 5 heteroatoms. The highest BCUT2D eigenvalue weighted by Gasteiger charge is 2.22. The number of nitrogens with zero attached hydrogens (tertiary/aromatic N) is 3. The van der Waals surface area contributed by atoms with Gasteiger partial charge in [0.1, 0.15) is 5.82 Å². The Morgan fingerprint density at radius 3 is 3.26 bits per heavy atom. The van der Waals surface area contributed by atoms with Gasteiger partial charge in [0.15, 0.2) is 0 Å². The molecule has 1 aliphatic rings. The first-order valence-corrected chi connectivity index (χ1v) is 8.03. The van der Waals surface area contributed by atoms with Crippen LogP contribution in [-0.4, -0.2) is 38.9 Å². The molecule has 0 radical (unpaired) electrons. The molecule has 1 N–H and O–H groups in total. The van der Waals surface area contributed by atoms with Crippen molar-refractivity contribution in [1.29, 1.82) is 0 Å². The van der Waals surface area contributed by atoms with Gasteiger partial charge in [-0.25, -0.2) is 4.98 Å². The van der Waals surface area contributed by atoms with Crippen molar-refractivity contribution < 1.29 is 4.79 Å². The smallest absolute Gasteiger partial charge is 0.253 e. The van der Waals surface area contributed by atoms with Crippen LogP contribution in [0.5, 0.6) is 0 Å². The first-order chi connectivity index (χ1) is 11.2. The zero-order valence-corrected chi connectivity index (χ0v) is 13.2. The second-order valence-electron chi connectivity index (χ2n) is 6.36. The number of benzene rings is 1. The van der Waals surface area contributed by atoms with Crippen LogP contribution < -0.4 is 0 Å². The fourth-order valence-electron chi connectivity index (χ4n) is 3.44. The third-order valence-electron chi connectivity index (χ3n) is 4.73. The molecule has 0 fully saturated rings. The maximum atomic E-state index is 12.7.